The molecule has 1 aromatic carbocycles. The van der Waals surface area contributed by atoms with E-state index in [1.165, 1.54) is 16.7 Å². The first kappa shape index (κ1) is 15.1. The number of nitrogens with zero attached hydrogens (tertiary/aromatic N) is 1. The predicted octanol–water partition coefficient (Wildman–Crippen LogP) is 1.97. The van der Waals surface area contributed by atoms with Crippen molar-refractivity contribution in [2.24, 2.45) is 5.92 Å². The molecule has 2 aliphatic rings. The van der Waals surface area contributed by atoms with Gasteiger partial charge in [0.05, 0.1) is 5.92 Å². The highest BCUT2D eigenvalue weighted by Crippen LogP contribution is 2.32. The average molecular weight is 300 g/mol. The summed E-state index contributed by atoms with van der Waals surface area (Å²) in [6.07, 6.45) is 3.42. The van der Waals surface area contributed by atoms with Crippen LogP contribution in [0.1, 0.15) is 36.0 Å². The third-order valence-electron chi connectivity index (χ3n) is 4.80. The number of benzene rings is 1. The topological polar surface area (TPSA) is 49.4 Å². The first-order valence-electron chi connectivity index (χ1n) is 8.18. The Morgan fingerprint density at radius 1 is 1.27 bits per heavy atom. The summed E-state index contributed by atoms with van der Waals surface area (Å²) in [5.41, 5.74) is 3.81. The van der Waals surface area contributed by atoms with E-state index in [9.17, 15) is 9.59 Å². The van der Waals surface area contributed by atoms with Gasteiger partial charge in [-0.15, -0.1) is 0 Å². The molecule has 3 rings (SSSR count). The quantitative estimate of drug-likeness (QED) is 0.904. The van der Waals surface area contributed by atoms with E-state index in [2.05, 4.69) is 37.4 Å². The molecule has 4 nitrogen and oxygen atoms in total. The molecule has 1 saturated heterocycles. The van der Waals surface area contributed by atoms with Gasteiger partial charge in [-0.05, 0) is 49.8 Å². The Morgan fingerprint density at radius 2 is 2.05 bits per heavy atom. The fourth-order valence-corrected chi connectivity index (χ4v) is 3.08. The van der Waals surface area contributed by atoms with Crippen LogP contribution in [0.3, 0.4) is 0 Å². The molecule has 1 aromatic rings. The molecule has 118 valence electrons. The third-order valence-corrected chi connectivity index (χ3v) is 4.80. The number of rotatable bonds is 5. The summed E-state index contributed by atoms with van der Waals surface area (Å²) in [4.78, 5) is 26.0. The Labute approximate surface area is 131 Å². The molecule has 0 spiro atoms. The van der Waals surface area contributed by atoms with Crippen LogP contribution in [0.15, 0.2) is 18.2 Å². The van der Waals surface area contributed by atoms with Crippen LogP contribution in [0.4, 0.5) is 0 Å². The van der Waals surface area contributed by atoms with Crippen molar-refractivity contribution in [1.29, 1.82) is 0 Å². The molecule has 1 aliphatic heterocycles. The lowest BCUT2D eigenvalue weighted by Crippen LogP contribution is -2.34. The Morgan fingerprint density at radius 3 is 2.73 bits per heavy atom. The minimum absolute atomic E-state index is 0.0281. The maximum Gasteiger partial charge on any atom is 0.225 e. The second-order valence-electron chi connectivity index (χ2n) is 6.64. The monoisotopic (exact) mass is 300 g/mol. The molecule has 2 fully saturated rings. The van der Waals surface area contributed by atoms with E-state index in [4.69, 9.17) is 0 Å². The second kappa shape index (κ2) is 6.11. The second-order valence-corrected chi connectivity index (χ2v) is 6.64. The zero-order chi connectivity index (χ0) is 15.7. The van der Waals surface area contributed by atoms with Crippen molar-refractivity contribution >= 4 is 11.8 Å². The summed E-state index contributed by atoms with van der Waals surface area (Å²) >= 11 is 0. The number of aryl methyl sites for hydroxylation is 2. The predicted molar refractivity (Wildman–Crippen MR) is 85.5 cm³/mol. The van der Waals surface area contributed by atoms with Crippen molar-refractivity contribution in [3.05, 3.63) is 34.9 Å². The number of nitrogens with one attached hydrogen (secondary N) is 1. The summed E-state index contributed by atoms with van der Waals surface area (Å²) in [5.74, 6) is 0.0185. The van der Waals surface area contributed by atoms with Gasteiger partial charge in [0.2, 0.25) is 11.8 Å². The first-order chi connectivity index (χ1) is 10.5. The summed E-state index contributed by atoms with van der Waals surface area (Å²) in [7, 11) is 0. The lowest BCUT2D eigenvalue weighted by molar-refractivity contribution is -0.129. The number of hydrogen-bond donors (Lipinski definition) is 1. The molecule has 0 bridgehead atoms. The smallest absolute Gasteiger partial charge is 0.225 e. The van der Waals surface area contributed by atoms with Gasteiger partial charge >= 0.3 is 0 Å². The number of carbonyl (C=O) groups is 2. The van der Waals surface area contributed by atoms with E-state index in [1.807, 2.05) is 4.90 Å². The van der Waals surface area contributed by atoms with Gasteiger partial charge in [-0.3, -0.25) is 9.59 Å². The fraction of sp³-hybridized carbons (Fsp3) is 0.556. The van der Waals surface area contributed by atoms with Gasteiger partial charge in [-0.25, -0.2) is 0 Å². The first-order valence-corrected chi connectivity index (χ1v) is 8.18. The Kier molecular flexibility index (Phi) is 4.19. The van der Waals surface area contributed by atoms with Crippen LogP contribution in [0.5, 0.6) is 0 Å². The number of carbonyl (C=O) groups excluding carboxylic acids is 2. The van der Waals surface area contributed by atoms with E-state index in [-0.39, 0.29) is 17.7 Å². The molecular formula is C18H24N2O2. The zero-order valence-corrected chi connectivity index (χ0v) is 13.4. The Bertz CT molecular complexity index is 593. The Hall–Kier alpha value is -1.84. The molecular weight excluding hydrogens is 276 g/mol. The number of amides is 2. The summed E-state index contributed by atoms with van der Waals surface area (Å²) < 4.78 is 0. The number of hydrogen-bond acceptors (Lipinski definition) is 2. The normalized spacial score (nSPS) is 21.3. The highest BCUT2D eigenvalue weighted by atomic mass is 16.2. The van der Waals surface area contributed by atoms with E-state index >= 15 is 0 Å². The molecule has 0 aromatic heterocycles. The minimum Gasteiger partial charge on any atom is -0.355 e. The SMILES string of the molecule is Cc1ccc(CCNC(=O)[C@@H]2CC(=O)N(C3CC3)C2)cc1C. The van der Waals surface area contributed by atoms with Gasteiger partial charge in [0.15, 0.2) is 0 Å². The maximum absolute atomic E-state index is 12.2. The van der Waals surface area contributed by atoms with Gasteiger partial charge in [-0.2, -0.15) is 0 Å². The van der Waals surface area contributed by atoms with Crippen LogP contribution in [0.2, 0.25) is 0 Å². The van der Waals surface area contributed by atoms with Crippen molar-refractivity contribution in [3.8, 4) is 0 Å². The standard InChI is InChI=1S/C18H24N2O2/c1-12-3-4-14(9-13(12)2)7-8-19-18(22)15-10-17(21)20(11-15)16-5-6-16/h3-4,9,15-16H,5-8,10-11H2,1-2H3,(H,19,22)/t15-/m1/s1. The van der Waals surface area contributed by atoms with Crippen molar-refractivity contribution in [3.63, 3.8) is 0 Å². The fourth-order valence-electron chi connectivity index (χ4n) is 3.08. The molecule has 4 heteroatoms. The van der Waals surface area contributed by atoms with Gasteiger partial charge in [0, 0.05) is 25.6 Å². The molecule has 1 aliphatic carbocycles. The Balaban J connectivity index is 1.46. The summed E-state index contributed by atoms with van der Waals surface area (Å²) in [6, 6.07) is 6.83. The van der Waals surface area contributed by atoms with E-state index in [0.717, 1.165) is 19.3 Å². The zero-order valence-electron chi connectivity index (χ0n) is 13.4. The lowest BCUT2D eigenvalue weighted by atomic mass is 10.0. The molecule has 1 N–H and O–H groups in total. The molecule has 1 atom stereocenters. The van der Waals surface area contributed by atoms with Crippen LogP contribution >= 0.6 is 0 Å². The van der Waals surface area contributed by atoms with Gasteiger partial charge in [-0.1, -0.05) is 18.2 Å². The molecule has 0 unspecified atom stereocenters. The van der Waals surface area contributed by atoms with Crippen molar-refractivity contribution < 1.29 is 9.59 Å². The van der Waals surface area contributed by atoms with Gasteiger partial charge in [0.25, 0.3) is 0 Å². The minimum atomic E-state index is -0.159. The van der Waals surface area contributed by atoms with Crippen LogP contribution in [-0.4, -0.2) is 35.8 Å². The molecule has 0 radical (unpaired) electrons. The summed E-state index contributed by atoms with van der Waals surface area (Å²) in [5, 5.41) is 2.99. The van der Waals surface area contributed by atoms with Crippen molar-refractivity contribution in [1.82, 2.24) is 10.2 Å². The van der Waals surface area contributed by atoms with Crippen LogP contribution in [0, 0.1) is 19.8 Å². The van der Waals surface area contributed by atoms with Crippen LogP contribution in [0.25, 0.3) is 0 Å². The van der Waals surface area contributed by atoms with E-state index in [1.54, 1.807) is 0 Å². The van der Waals surface area contributed by atoms with E-state index in [0.29, 0.717) is 25.6 Å². The van der Waals surface area contributed by atoms with Crippen LogP contribution < -0.4 is 5.32 Å². The van der Waals surface area contributed by atoms with E-state index < -0.39 is 0 Å². The highest BCUT2D eigenvalue weighted by Gasteiger charge is 2.41. The lowest BCUT2D eigenvalue weighted by Gasteiger charge is -2.15. The third kappa shape index (κ3) is 3.32. The number of likely N-dealkylation sites (tertiary alicyclic amines) is 1. The van der Waals surface area contributed by atoms with Gasteiger partial charge < -0.3 is 10.2 Å². The molecule has 1 heterocycles. The van der Waals surface area contributed by atoms with Gasteiger partial charge in [0.1, 0.15) is 0 Å². The van der Waals surface area contributed by atoms with Crippen molar-refractivity contribution in [2.75, 3.05) is 13.1 Å². The summed E-state index contributed by atoms with van der Waals surface area (Å²) in [6.45, 7) is 5.45. The molecule has 22 heavy (non-hydrogen) atoms. The molecule has 2 amide bonds. The largest absolute Gasteiger partial charge is 0.355 e. The molecule has 1 saturated carbocycles. The van der Waals surface area contributed by atoms with Crippen molar-refractivity contribution in [2.45, 2.75) is 45.6 Å². The average Bonchev–Trinajstić information content (AvgIpc) is 3.25. The highest BCUT2D eigenvalue weighted by molar-refractivity contribution is 5.89. The maximum atomic E-state index is 12.2. The van der Waals surface area contributed by atoms with Crippen LogP contribution in [-0.2, 0) is 16.0 Å².